The first-order chi connectivity index (χ1) is 10.5. The smallest absolute Gasteiger partial charge is 0.191 e. The highest BCUT2D eigenvalue weighted by atomic mass is 127. The lowest BCUT2D eigenvalue weighted by atomic mass is 10.1. The van der Waals surface area contributed by atoms with Crippen LogP contribution in [0.5, 0.6) is 0 Å². The van der Waals surface area contributed by atoms with E-state index in [0.29, 0.717) is 6.54 Å². The van der Waals surface area contributed by atoms with Gasteiger partial charge < -0.3 is 15.2 Å². The standard InChI is InChI=1S/C15H24N6O.HI/c1-10(8-14-11(2)19-21(5)12(14)3)18-15(16-4)17-9-13-6-7-22-20-13;/h6-7,10H,8-9H2,1-5H3,(H2,16,17,18);1H. The number of nitrogens with one attached hydrogen (secondary N) is 2. The number of aryl methyl sites for hydroxylation is 2. The Labute approximate surface area is 153 Å². The highest BCUT2D eigenvalue weighted by Gasteiger charge is 2.14. The van der Waals surface area contributed by atoms with Crippen molar-refractivity contribution in [3.8, 4) is 0 Å². The third-order valence-corrected chi connectivity index (χ3v) is 3.70. The molecule has 2 N–H and O–H groups in total. The number of hydrogen-bond acceptors (Lipinski definition) is 4. The van der Waals surface area contributed by atoms with E-state index in [1.807, 2.05) is 24.7 Å². The fraction of sp³-hybridized carbons (Fsp3) is 0.533. The minimum absolute atomic E-state index is 0. The van der Waals surface area contributed by atoms with Crippen LogP contribution in [-0.4, -0.2) is 34.0 Å². The Kier molecular flexibility index (Phi) is 7.53. The van der Waals surface area contributed by atoms with Crippen LogP contribution in [0.2, 0.25) is 0 Å². The van der Waals surface area contributed by atoms with Gasteiger partial charge >= 0.3 is 0 Å². The molecule has 0 aromatic carbocycles. The summed E-state index contributed by atoms with van der Waals surface area (Å²) in [7, 11) is 3.73. The average molecular weight is 432 g/mol. The summed E-state index contributed by atoms with van der Waals surface area (Å²) in [5.41, 5.74) is 4.42. The molecule has 2 aromatic rings. The molecule has 0 bridgehead atoms. The molecule has 1 unspecified atom stereocenters. The Morgan fingerprint density at radius 2 is 2.17 bits per heavy atom. The molecule has 0 saturated heterocycles. The number of nitrogens with zero attached hydrogens (tertiary/aromatic N) is 4. The highest BCUT2D eigenvalue weighted by Crippen LogP contribution is 2.14. The minimum Gasteiger partial charge on any atom is -0.364 e. The Balaban J connectivity index is 0.00000264. The van der Waals surface area contributed by atoms with E-state index in [2.05, 4.69) is 39.7 Å². The number of guanidine groups is 1. The van der Waals surface area contributed by atoms with Crippen LogP contribution < -0.4 is 10.6 Å². The summed E-state index contributed by atoms with van der Waals surface area (Å²) in [5.74, 6) is 0.745. The van der Waals surface area contributed by atoms with Gasteiger partial charge in [0.25, 0.3) is 0 Å². The maximum atomic E-state index is 4.81. The predicted octanol–water partition coefficient (Wildman–Crippen LogP) is 1.94. The largest absolute Gasteiger partial charge is 0.364 e. The van der Waals surface area contributed by atoms with Gasteiger partial charge in [-0.1, -0.05) is 5.16 Å². The SMILES string of the molecule is CN=C(NCc1ccon1)NC(C)Cc1c(C)nn(C)c1C.I. The molecule has 2 aromatic heterocycles. The molecule has 2 heterocycles. The van der Waals surface area contributed by atoms with Crippen LogP contribution in [0.3, 0.4) is 0 Å². The molecular weight excluding hydrogens is 407 g/mol. The van der Waals surface area contributed by atoms with Gasteiger partial charge in [-0.2, -0.15) is 5.10 Å². The van der Waals surface area contributed by atoms with Gasteiger partial charge in [0, 0.05) is 31.9 Å². The second kappa shape index (κ2) is 8.90. The molecule has 0 amide bonds. The fourth-order valence-corrected chi connectivity index (χ4v) is 2.40. The van der Waals surface area contributed by atoms with Gasteiger partial charge in [-0.05, 0) is 32.8 Å². The maximum absolute atomic E-state index is 4.81. The number of rotatable bonds is 5. The van der Waals surface area contributed by atoms with E-state index in [1.165, 1.54) is 11.3 Å². The first kappa shape index (κ1) is 19.5. The molecule has 0 saturated carbocycles. The monoisotopic (exact) mass is 432 g/mol. The summed E-state index contributed by atoms with van der Waals surface area (Å²) < 4.78 is 6.74. The van der Waals surface area contributed by atoms with Crippen molar-refractivity contribution in [1.82, 2.24) is 25.6 Å². The van der Waals surface area contributed by atoms with Crippen LogP contribution in [0, 0.1) is 13.8 Å². The van der Waals surface area contributed by atoms with E-state index in [1.54, 1.807) is 13.3 Å². The minimum atomic E-state index is 0. The van der Waals surface area contributed by atoms with Gasteiger partial charge in [0.15, 0.2) is 5.96 Å². The fourth-order valence-electron chi connectivity index (χ4n) is 2.40. The first-order valence-corrected chi connectivity index (χ1v) is 7.36. The summed E-state index contributed by atoms with van der Waals surface area (Å²) in [4.78, 5) is 4.23. The molecule has 2 rings (SSSR count). The lowest BCUT2D eigenvalue weighted by molar-refractivity contribution is 0.410. The van der Waals surface area contributed by atoms with E-state index in [-0.39, 0.29) is 30.0 Å². The van der Waals surface area contributed by atoms with Crippen LogP contribution in [0.1, 0.15) is 29.6 Å². The van der Waals surface area contributed by atoms with E-state index in [9.17, 15) is 0 Å². The molecule has 7 nitrogen and oxygen atoms in total. The van der Waals surface area contributed by atoms with E-state index < -0.39 is 0 Å². The summed E-state index contributed by atoms with van der Waals surface area (Å²) in [6, 6.07) is 2.07. The third kappa shape index (κ3) is 5.22. The van der Waals surface area contributed by atoms with Crippen molar-refractivity contribution >= 4 is 29.9 Å². The highest BCUT2D eigenvalue weighted by molar-refractivity contribution is 14.0. The molecule has 0 fully saturated rings. The number of hydrogen-bond donors (Lipinski definition) is 2. The molecular formula is C15H25IN6O. The van der Waals surface area contributed by atoms with Gasteiger partial charge in [0.1, 0.15) is 12.0 Å². The van der Waals surface area contributed by atoms with E-state index in [4.69, 9.17) is 4.52 Å². The van der Waals surface area contributed by atoms with Crippen LogP contribution >= 0.6 is 24.0 Å². The van der Waals surface area contributed by atoms with E-state index >= 15 is 0 Å². The lowest BCUT2D eigenvalue weighted by Crippen LogP contribution is -2.42. The molecule has 128 valence electrons. The van der Waals surface area contributed by atoms with Crippen molar-refractivity contribution in [1.29, 1.82) is 0 Å². The van der Waals surface area contributed by atoms with Crippen molar-refractivity contribution < 1.29 is 4.52 Å². The van der Waals surface area contributed by atoms with Gasteiger partial charge in [0.2, 0.25) is 0 Å². The van der Waals surface area contributed by atoms with Gasteiger partial charge in [-0.25, -0.2) is 0 Å². The second-order valence-corrected chi connectivity index (χ2v) is 5.44. The number of aliphatic imine (C=N–C) groups is 1. The molecule has 0 spiro atoms. The Morgan fingerprint density at radius 3 is 2.70 bits per heavy atom. The summed E-state index contributed by atoms with van der Waals surface area (Å²) in [6.07, 6.45) is 2.46. The van der Waals surface area contributed by atoms with Crippen LogP contribution in [-0.2, 0) is 20.0 Å². The summed E-state index contributed by atoms with van der Waals surface area (Å²) in [6.45, 7) is 6.86. The van der Waals surface area contributed by atoms with Crippen LogP contribution in [0.4, 0.5) is 0 Å². The maximum Gasteiger partial charge on any atom is 0.191 e. The predicted molar refractivity (Wildman–Crippen MR) is 101 cm³/mol. The lowest BCUT2D eigenvalue weighted by Gasteiger charge is -2.17. The molecule has 8 heteroatoms. The zero-order chi connectivity index (χ0) is 16.1. The van der Waals surface area contributed by atoms with Crippen molar-refractivity contribution in [3.05, 3.63) is 35.0 Å². The second-order valence-electron chi connectivity index (χ2n) is 5.44. The van der Waals surface area contributed by atoms with Crippen molar-refractivity contribution in [3.63, 3.8) is 0 Å². The average Bonchev–Trinajstić information content (AvgIpc) is 3.08. The zero-order valence-electron chi connectivity index (χ0n) is 14.3. The third-order valence-electron chi connectivity index (χ3n) is 3.70. The Morgan fingerprint density at radius 1 is 1.43 bits per heavy atom. The van der Waals surface area contributed by atoms with Gasteiger partial charge in [0.05, 0.1) is 12.2 Å². The normalized spacial score (nSPS) is 12.7. The summed E-state index contributed by atoms with van der Waals surface area (Å²) in [5, 5.41) is 14.9. The number of aromatic nitrogens is 3. The molecule has 0 aliphatic heterocycles. The number of halogens is 1. The van der Waals surface area contributed by atoms with Gasteiger partial charge in [-0.15, -0.1) is 24.0 Å². The van der Waals surface area contributed by atoms with Crippen LogP contribution in [0.15, 0.2) is 21.8 Å². The van der Waals surface area contributed by atoms with Crippen molar-refractivity contribution in [2.24, 2.45) is 12.0 Å². The van der Waals surface area contributed by atoms with Crippen LogP contribution in [0.25, 0.3) is 0 Å². The molecule has 0 radical (unpaired) electrons. The Bertz CT molecular complexity index is 635. The first-order valence-electron chi connectivity index (χ1n) is 7.36. The van der Waals surface area contributed by atoms with Crippen molar-refractivity contribution in [2.75, 3.05) is 7.05 Å². The topological polar surface area (TPSA) is 80.3 Å². The molecule has 0 aliphatic rings. The van der Waals surface area contributed by atoms with Crippen molar-refractivity contribution in [2.45, 2.75) is 39.8 Å². The quantitative estimate of drug-likeness (QED) is 0.429. The van der Waals surface area contributed by atoms with Gasteiger partial charge in [-0.3, -0.25) is 9.67 Å². The summed E-state index contributed by atoms with van der Waals surface area (Å²) >= 11 is 0. The molecule has 0 aliphatic carbocycles. The Hall–Kier alpha value is -1.58. The van der Waals surface area contributed by atoms with E-state index in [0.717, 1.165) is 23.8 Å². The molecule has 23 heavy (non-hydrogen) atoms. The molecule has 1 atom stereocenters. The zero-order valence-corrected chi connectivity index (χ0v) is 16.6.